The van der Waals surface area contributed by atoms with Crippen molar-refractivity contribution in [1.29, 1.82) is 0 Å². The van der Waals surface area contributed by atoms with Gasteiger partial charge in [0, 0.05) is 38.3 Å². The highest BCUT2D eigenvalue weighted by molar-refractivity contribution is 4.84. The maximum absolute atomic E-state index is 3.74. The van der Waals surface area contributed by atoms with Gasteiger partial charge in [0.05, 0.1) is 0 Å². The van der Waals surface area contributed by atoms with Crippen LogP contribution in [0.3, 0.4) is 0 Å². The Hall–Kier alpha value is -0.120. The van der Waals surface area contributed by atoms with Crippen molar-refractivity contribution >= 4 is 0 Å². The zero-order valence-corrected chi connectivity index (χ0v) is 14.0. The molecule has 0 bridgehead atoms. The number of likely N-dealkylation sites (N-methyl/N-ethyl adjacent to an activating group) is 1. The fourth-order valence-electron chi connectivity index (χ4n) is 2.96. The van der Waals surface area contributed by atoms with E-state index in [0.29, 0.717) is 17.5 Å². The Kier molecular flexibility index (Phi) is 6.78. The summed E-state index contributed by atoms with van der Waals surface area (Å²) in [6, 6.07) is 1.32. The lowest BCUT2D eigenvalue weighted by atomic mass is 9.84. The van der Waals surface area contributed by atoms with E-state index in [9.17, 15) is 0 Å². The maximum atomic E-state index is 3.74. The molecule has 0 aromatic carbocycles. The summed E-state index contributed by atoms with van der Waals surface area (Å²) in [4.78, 5) is 5.10. The normalized spacial score (nSPS) is 24.6. The van der Waals surface area contributed by atoms with Crippen LogP contribution in [0.1, 0.15) is 47.5 Å². The number of hydrogen-bond acceptors (Lipinski definition) is 3. The van der Waals surface area contributed by atoms with Gasteiger partial charge in [-0.25, -0.2) is 0 Å². The summed E-state index contributed by atoms with van der Waals surface area (Å²) in [5, 5.41) is 3.74. The highest BCUT2D eigenvalue weighted by Gasteiger charge is 2.26. The Morgan fingerprint density at radius 1 is 1.26 bits per heavy atom. The molecule has 1 N–H and O–H groups in total. The monoisotopic (exact) mass is 269 g/mol. The molecule has 114 valence electrons. The first-order chi connectivity index (χ1) is 8.84. The van der Waals surface area contributed by atoms with Crippen LogP contribution in [0, 0.1) is 5.41 Å². The van der Waals surface area contributed by atoms with E-state index in [0.717, 1.165) is 6.54 Å². The van der Waals surface area contributed by atoms with E-state index in [2.05, 4.69) is 56.8 Å². The molecule has 0 aromatic heterocycles. The predicted molar refractivity (Wildman–Crippen MR) is 84.7 cm³/mol. The smallest absolute Gasteiger partial charge is 0.0195 e. The number of hydrogen-bond donors (Lipinski definition) is 1. The van der Waals surface area contributed by atoms with Gasteiger partial charge in [-0.3, -0.25) is 4.90 Å². The molecule has 1 fully saturated rings. The van der Waals surface area contributed by atoms with Gasteiger partial charge in [0.25, 0.3) is 0 Å². The van der Waals surface area contributed by atoms with Crippen molar-refractivity contribution in [1.82, 2.24) is 15.1 Å². The van der Waals surface area contributed by atoms with E-state index in [1.165, 1.54) is 39.0 Å². The molecule has 1 aliphatic heterocycles. The zero-order chi connectivity index (χ0) is 14.5. The average Bonchev–Trinajstić information content (AvgIpc) is 2.29. The predicted octanol–water partition coefficient (Wildman–Crippen LogP) is 2.43. The van der Waals surface area contributed by atoms with Gasteiger partial charge in [-0.1, -0.05) is 27.7 Å². The highest BCUT2D eigenvalue weighted by atomic mass is 15.3. The number of nitrogens with zero attached hydrogens (tertiary/aromatic N) is 2. The van der Waals surface area contributed by atoms with Crippen molar-refractivity contribution in [2.75, 3.05) is 39.8 Å². The number of piperazine rings is 1. The van der Waals surface area contributed by atoms with E-state index >= 15 is 0 Å². The van der Waals surface area contributed by atoms with Gasteiger partial charge in [-0.15, -0.1) is 0 Å². The zero-order valence-electron chi connectivity index (χ0n) is 14.0. The molecule has 0 aliphatic carbocycles. The van der Waals surface area contributed by atoms with Gasteiger partial charge in [0.2, 0.25) is 0 Å². The summed E-state index contributed by atoms with van der Waals surface area (Å²) in [6.45, 7) is 17.7. The Morgan fingerprint density at radius 3 is 2.47 bits per heavy atom. The molecule has 19 heavy (non-hydrogen) atoms. The van der Waals surface area contributed by atoms with Gasteiger partial charge >= 0.3 is 0 Å². The first kappa shape index (κ1) is 16.9. The highest BCUT2D eigenvalue weighted by Crippen LogP contribution is 2.22. The molecular formula is C16H35N3. The molecule has 1 aliphatic rings. The second-order valence-corrected chi connectivity index (χ2v) is 7.31. The van der Waals surface area contributed by atoms with Crippen molar-refractivity contribution in [2.24, 2.45) is 5.41 Å². The largest absolute Gasteiger partial charge is 0.313 e. The van der Waals surface area contributed by atoms with Crippen LogP contribution >= 0.6 is 0 Å². The topological polar surface area (TPSA) is 18.5 Å². The van der Waals surface area contributed by atoms with Crippen LogP contribution in [0.5, 0.6) is 0 Å². The van der Waals surface area contributed by atoms with Gasteiger partial charge in [-0.2, -0.15) is 0 Å². The lowest BCUT2D eigenvalue weighted by Gasteiger charge is -2.40. The van der Waals surface area contributed by atoms with Gasteiger partial charge in [0.1, 0.15) is 0 Å². The van der Waals surface area contributed by atoms with Crippen molar-refractivity contribution < 1.29 is 0 Å². The third-order valence-corrected chi connectivity index (χ3v) is 4.36. The minimum Gasteiger partial charge on any atom is -0.313 e. The summed E-state index contributed by atoms with van der Waals surface area (Å²) in [6.07, 6.45) is 2.48. The third kappa shape index (κ3) is 5.80. The van der Waals surface area contributed by atoms with E-state index in [4.69, 9.17) is 0 Å². The Balaban J connectivity index is 2.42. The summed E-state index contributed by atoms with van der Waals surface area (Å²) in [5.41, 5.74) is 0.352. The standard InChI is InChI=1S/C16H35N3/c1-7-9-17-15(16(3,4)5)8-10-19-12-11-18(6)13-14(19)2/h14-15,17H,7-13H2,1-6H3. The molecule has 0 saturated carbocycles. The van der Waals surface area contributed by atoms with Crippen LogP contribution in [0.4, 0.5) is 0 Å². The van der Waals surface area contributed by atoms with Crippen molar-refractivity contribution in [3.63, 3.8) is 0 Å². The van der Waals surface area contributed by atoms with Crippen LogP contribution in [0.2, 0.25) is 0 Å². The fraction of sp³-hybridized carbons (Fsp3) is 1.00. The van der Waals surface area contributed by atoms with Crippen molar-refractivity contribution in [2.45, 2.75) is 59.5 Å². The molecular weight excluding hydrogens is 234 g/mol. The van der Waals surface area contributed by atoms with Crippen molar-refractivity contribution in [3.8, 4) is 0 Å². The third-order valence-electron chi connectivity index (χ3n) is 4.36. The van der Waals surface area contributed by atoms with Gasteiger partial charge in [0.15, 0.2) is 0 Å². The number of rotatable bonds is 6. The van der Waals surface area contributed by atoms with Crippen LogP contribution in [0.15, 0.2) is 0 Å². The lowest BCUT2D eigenvalue weighted by molar-refractivity contribution is 0.0897. The number of nitrogens with one attached hydrogen (secondary N) is 1. The summed E-state index contributed by atoms with van der Waals surface area (Å²) in [5.74, 6) is 0. The summed E-state index contributed by atoms with van der Waals surface area (Å²) in [7, 11) is 2.23. The van der Waals surface area contributed by atoms with E-state index in [-0.39, 0.29) is 0 Å². The van der Waals surface area contributed by atoms with E-state index in [1.54, 1.807) is 0 Å². The Morgan fingerprint density at radius 2 is 1.95 bits per heavy atom. The fourth-order valence-corrected chi connectivity index (χ4v) is 2.96. The summed E-state index contributed by atoms with van der Waals surface area (Å²) < 4.78 is 0. The van der Waals surface area contributed by atoms with Crippen molar-refractivity contribution in [3.05, 3.63) is 0 Å². The molecule has 0 aromatic rings. The minimum absolute atomic E-state index is 0.352. The Bertz CT molecular complexity index is 247. The SMILES string of the molecule is CCCNC(CCN1CCN(C)CC1C)C(C)(C)C. The van der Waals surface area contributed by atoms with E-state index < -0.39 is 0 Å². The van der Waals surface area contributed by atoms with Crippen LogP contribution < -0.4 is 5.32 Å². The van der Waals surface area contributed by atoms with Crippen LogP contribution in [-0.2, 0) is 0 Å². The lowest BCUT2D eigenvalue weighted by Crippen LogP contribution is -2.52. The molecule has 1 rings (SSSR count). The second-order valence-electron chi connectivity index (χ2n) is 7.31. The minimum atomic E-state index is 0.352. The molecule has 2 unspecified atom stereocenters. The van der Waals surface area contributed by atoms with Crippen LogP contribution in [0.25, 0.3) is 0 Å². The van der Waals surface area contributed by atoms with Crippen LogP contribution in [-0.4, -0.2) is 61.7 Å². The van der Waals surface area contributed by atoms with E-state index in [1.807, 2.05) is 0 Å². The molecule has 2 atom stereocenters. The van der Waals surface area contributed by atoms with Gasteiger partial charge < -0.3 is 10.2 Å². The molecule has 3 heteroatoms. The first-order valence-corrected chi connectivity index (χ1v) is 8.00. The Labute approximate surface area is 120 Å². The molecule has 0 amide bonds. The average molecular weight is 269 g/mol. The molecule has 0 radical (unpaired) electrons. The second kappa shape index (κ2) is 7.61. The van der Waals surface area contributed by atoms with Gasteiger partial charge in [-0.05, 0) is 38.8 Å². The first-order valence-electron chi connectivity index (χ1n) is 8.00. The summed E-state index contributed by atoms with van der Waals surface area (Å²) >= 11 is 0. The molecule has 3 nitrogen and oxygen atoms in total. The molecule has 1 heterocycles. The quantitative estimate of drug-likeness (QED) is 0.799. The molecule has 1 saturated heterocycles. The molecule has 0 spiro atoms. The maximum Gasteiger partial charge on any atom is 0.0195 e.